The van der Waals surface area contributed by atoms with E-state index >= 15 is 0 Å². The van der Waals surface area contributed by atoms with Crippen LogP contribution in [0.15, 0.2) is 46.9 Å². The van der Waals surface area contributed by atoms with Gasteiger partial charge in [-0.25, -0.2) is 0 Å². The number of furan rings is 1. The number of rotatable bonds is 3. The highest BCUT2D eigenvalue weighted by atomic mass is 16.3. The van der Waals surface area contributed by atoms with Crippen molar-refractivity contribution in [2.75, 3.05) is 6.54 Å². The summed E-state index contributed by atoms with van der Waals surface area (Å²) >= 11 is 0. The van der Waals surface area contributed by atoms with Crippen LogP contribution in [0.5, 0.6) is 0 Å². The molecule has 0 spiro atoms. The van der Waals surface area contributed by atoms with Crippen LogP contribution >= 0.6 is 0 Å². The van der Waals surface area contributed by atoms with Gasteiger partial charge < -0.3 is 9.73 Å². The first kappa shape index (κ1) is 11.8. The second kappa shape index (κ2) is 4.76. The van der Waals surface area contributed by atoms with E-state index in [9.17, 15) is 4.79 Å². The van der Waals surface area contributed by atoms with Crippen LogP contribution in [0.3, 0.4) is 0 Å². The third-order valence-electron chi connectivity index (χ3n) is 3.17. The fourth-order valence-electron chi connectivity index (χ4n) is 2.21. The minimum atomic E-state index is -0.0333. The molecular formula is C16H15NO2. The summed E-state index contributed by atoms with van der Waals surface area (Å²) in [4.78, 5) is 12.0. The van der Waals surface area contributed by atoms with E-state index in [1.165, 1.54) is 0 Å². The number of carbonyl (C=O) groups is 1. The molecule has 2 aromatic carbocycles. The number of amides is 1. The van der Waals surface area contributed by atoms with Gasteiger partial charge in [-0.2, -0.15) is 0 Å². The molecule has 0 aliphatic heterocycles. The molecule has 1 heterocycles. The highest BCUT2D eigenvalue weighted by molar-refractivity contribution is 6.08. The topological polar surface area (TPSA) is 42.2 Å². The zero-order valence-electron chi connectivity index (χ0n) is 10.8. The lowest BCUT2D eigenvalue weighted by Gasteiger charge is -2.03. The van der Waals surface area contributed by atoms with Gasteiger partial charge >= 0.3 is 0 Å². The van der Waals surface area contributed by atoms with E-state index in [4.69, 9.17) is 4.42 Å². The van der Waals surface area contributed by atoms with Gasteiger partial charge in [-0.15, -0.1) is 0 Å². The highest BCUT2D eigenvalue weighted by Crippen LogP contribution is 2.28. The minimum absolute atomic E-state index is 0.0333. The zero-order chi connectivity index (χ0) is 13.2. The zero-order valence-corrected chi connectivity index (χ0v) is 10.8. The minimum Gasteiger partial charge on any atom is -0.456 e. The molecule has 0 saturated carbocycles. The van der Waals surface area contributed by atoms with Crippen molar-refractivity contribution < 1.29 is 9.21 Å². The molecule has 0 unspecified atom stereocenters. The Labute approximate surface area is 111 Å². The van der Waals surface area contributed by atoms with Crippen LogP contribution in [0.4, 0.5) is 0 Å². The van der Waals surface area contributed by atoms with Crippen LogP contribution < -0.4 is 5.32 Å². The molecule has 0 fully saturated rings. The standard InChI is InChI=1S/C16H15NO2/c1-2-9-17-16(18)11-7-8-15-13(10-11)12-5-3-4-6-14(12)19-15/h3-8,10H,2,9H2,1H3,(H,17,18). The second-order valence-electron chi connectivity index (χ2n) is 4.57. The molecule has 0 atom stereocenters. The predicted octanol–water partition coefficient (Wildman–Crippen LogP) is 3.73. The number of nitrogens with one attached hydrogen (secondary N) is 1. The summed E-state index contributed by atoms with van der Waals surface area (Å²) in [5, 5.41) is 4.91. The Kier molecular flexibility index (Phi) is 2.95. The van der Waals surface area contributed by atoms with Crippen molar-refractivity contribution in [3.05, 3.63) is 48.0 Å². The van der Waals surface area contributed by atoms with Gasteiger partial charge in [0.2, 0.25) is 0 Å². The Balaban J connectivity index is 2.09. The van der Waals surface area contributed by atoms with Gasteiger partial charge in [0.25, 0.3) is 5.91 Å². The summed E-state index contributed by atoms with van der Waals surface area (Å²) in [7, 11) is 0. The summed E-state index contributed by atoms with van der Waals surface area (Å²) in [6, 6.07) is 13.4. The summed E-state index contributed by atoms with van der Waals surface area (Å²) < 4.78 is 5.74. The van der Waals surface area contributed by atoms with E-state index in [2.05, 4.69) is 5.32 Å². The molecule has 96 valence electrons. The van der Waals surface area contributed by atoms with E-state index in [1.807, 2.05) is 43.3 Å². The third kappa shape index (κ3) is 2.08. The molecular weight excluding hydrogens is 238 g/mol. The lowest BCUT2D eigenvalue weighted by Crippen LogP contribution is -2.23. The normalized spacial score (nSPS) is 11.0. The monoisotopic (exact) mass is 253 g/mol. The molecule has 0 aliphatic carbocycles. The molecule has 1 N–H and O–H groups in total. The first-order valence-corrected chi connectivity index (χ1v) is 6.49. The van der Waals surface area contributed by atoms with Crippen molar-refractivity contribution >= 4 is 27.8 Å². The lowest BCUT2D eigenvalue weighted by atomic mass is 10.1. The number of hydrogen-bond donors (Lipinski definition) is 1. The molecule has 0 saturated heterocycles. The maximum atomic E-state index is 12.0. The molecule has 0 aliphatic rings. The van der Waals surface area contributed by atoms with Gasteiger partial charge in [-0.3, -0.25) is 4.79 Å². The number of fused-ring (bicyclic) bond motifs is 3. The predicted molar refractivity (Wildman–Crippen MR) is 76.3 cm³/mol. The van der Waals surface area contributed by atoms with Crippen LogP contribution in [0.25, 0.3) is 21.9 Å². The largest absolute Gasteiger partial charge is 0.456 e. The molecule has 3 rings (SSSR count). The van der Waals surface area contributed by atoms with Gasteiger partial charge in [0.05, 0.1) is 0 Å². The van der Waals surface area contributed by atoms with Gasteiger partial charge in [-0.05, 0) is 30.7 Å². The third-order valence-corrected chi connectivity index (χ3v) is 3.17. The molecule has 1 amide bonds. The average Bonchev–Trinajstić information content (AvgIpc) is 2.82. The van der Waals surface area contributed by atoms with Gasteiger partial charge in [-0.1, -0.05) is 25.1 Å². The maximum Gasteiger partial charge on any atom is 0.251 e. The van der Waals surface area contributed by atoms with Crippen LogP contribution in [0.2, 0.25) is 0 Å². The molecule has 3 heteroatoms. The number of para-hydroxylation sites is 1. The van der Waals surface area contributed by atoms with E-state index in [0.717, 1.165) is 28.4 Å². The summed E-state index contributed by atoms with van der Waals surface area (Å²) in [5.41, 5.74) is 2.34. The first-order valence-electron chi connectivity index (χ1n) is 6.49. The van der Waals surface area contributed by atoms with Crippen LogP contribution in [0.1, 0.15) is 23.7 Å². The Hall–Kier alpha value is -2.29. The fourth-order valence-corrected chi connectivity index (χ4v) is 2.21. The quantitative estimate of drug-likeness (QED) is 0.772. The van der Waals surface area contributed by atoms with Crippen molar-refractivity contribution in [2.45, 2.75) is 13.3 Å². The summed E-state index contributed by atoms with van der Waals surface area (Å²) in [5.74, 6) is -0.0333. The lowest BCUT2D eigenvalue weighted by molar-refractivity contribution is 0.0954. The van der Waals surface area contributed by atoms with Crippen molar-refractivity contribution in [1.29, 1.82) is 0 Å². The fraction of sp³-hybridized carbons (Fsp3) is 0.188. The van der Waals surface area contributed by atoms with Gasteiger partial charge in [0, 0.05) is 22.9 Å². The van der Waals surface area contributed by atoms with Crippen LogP contribution in [-0.4, -0.2) is 12.5 Å². The van der Waals surface area contributed by atoms with Crippen LogP contribution in [-0.2, 0) is 0 Å². The van der Waals surface area contributed by atoms with E-state index in [1.54, 1.807) is 6.07 Å². The molecule has 3 nitrogen and oxygen atoms in total. The van der Waals surface area contributed by atoms with Gasteiger partial charge in [0.1, 0.15) is 11.2 Å². The smallest absolute Gasteiger partial charge is 0.251 e. The van der Waals surface area contributed by atoms with Crippen molar-refractivity contribution in [2.24, 2.45) is 0 Å². The Morgan fingerprint density at radius 3 is 2.74 bits per heavy atom. The highest BCUT2D eigenvalue weighted by Gasteiger charge is 2.10. The molecule has 0 radical (unpaired) electrons. The molecule has 0 bridgehead atoms. The Bertz CT molecular complexity index is 743. The van der Waals surface area contributed by atoms with Crippen molar-refractivity contribution in [1.82, 2.24) is 5.32 Å². The molecule has 3 aromatic rings. The van der Waals surface area contributed by atoms with Crippen molar-refractivity contribution in [3.63, 3.8) is 0 Å². The molecule has 1 aromatic heterocycles. The summed E-state index contributed by atoms with van der Waals surface area (Å²) in [6.45, 7) is 2.73. The Morgan fingerprint density at radius 2 is 1.89 bits per heavy atom. The number of benzene rings is 2. The summed E-state index contributed by atoms with van der Waals surface area (Å²) in [6.07, 6.45) is 0.933. The van der Waals surface area contributed by atoms with Crippen LogP contribution in [0, 0.1) is 0 Å². The van der Waals surface area contributed by atoms with E-state index in [-0.39, 0.29) is 5.91 Å². The number of hydrogen-bond acceptors (Lipinski definition) is 2. The SMILES string of the molecule is CCCNC(=O)c1ccc2oc3ccccc3c2c1. The van der Waals surface area contributed by atoms with Gasteiger partial charge in [0.15, 0.2) is 0 Å². The number of carbonyl (C=O) groups excluding carboxylic acids is 1. The first-order chi connectivity index (χ1) is 9.29. The van der Waals surface area contributed by atoms with E-state index in [0.29, 0.717) is 12.1 Å². The average molecular weight is 253 g/mol. The maximum absolute atomic E-state index is 12.0. The van der Waals surface area contributed by atoms with E-state index < -0.39 is 0 Å². The van der Waals surface area contributed by atoms with Crippen molar-refractivity contribution in [3.8, 4) is 0 Å². The Morgan fingerprint density at radius 1 is 1.11 bits per heavy atom. The molecule has 19 heavy (non-hydrogen) atoms. The second-order valence-corrected chi connectivity index (χ2v) is 4.57.